The maximum absolute atomic E-state index is 12.9. The summed E-state index contributed by atoms with van der Waals surface area (Å²) in [4.78, 5) is 24.5. The van der Waals surface area contributed by atoms with E-state index in [2.05, 4.69) is 42.2 Å². The second-order valence-corrected chi connectivity index (χ2v) is 8.91. The number of nitrogens with one attached hydrogen (secondary N) is 1. The van der Waals surface area contributed by atoms with Crippen molar-refractivity contribution >= 4 is 44.0 Å². The fourth-order valence-electron chi connectivity index (χ4n) is 3.96. The van der Waals surface area contributed by atoms with Gasteiger partial charge in [-0.15, -0.1) is 0 Å². The molecule has 2 aromatic heterocycles. The number of aromatic nitrogens is 2. The van der Waals surface area contributed by atoms with Crippen molar-refractivity contribution in [3.8, 4) is 0 Å². The van der Waals surface area contributed by atoms with E-state index in [0.29, 0.717) is 5.56 Å². The molecule has 2 aliphatic rings. The molecule has 6 heteroatoms. The summed E-state index contributed by atoms with van der Waals surface area (Å²) in [5.41, 5.74) is 4.31. The van der Waals surface area contributed by atoms with E-state index >= 15 is 0 Å². The largest absolute Gasteiger partial charge is 0.353 e. The number of Topliss-reactive ketones (excluding diaryl/α,β-unsaturated/α-hetero) is 1. The van der Waals surface area contributed by atoms with Crippen LogP contribution in [0, 0.1) is 5.92 Å². The number of pyridine rings is 2. The number of likely N-dealkylation sites (tertiary alicyclic amines) is 1. The number of halogens is 1. The van der Waals surface area contributed by atoms with Crippen LogP contribution in [0.15, 0.2) is 47.2 Å². The maximum Gasteiger partial charge on any atom is 0.169 e. The fraction of sp³-hybridized carbons (Fsp3) is 0.348. The molecule has 1 aliphatic heterocycles. The molecule has 5 rings (SSSR count). The van der Waals surface area contributed by atoms with Gasteiger partial charge in [-0.3, -0.25) is 19.7 Å². The van der Waals surface area contributed by atoms with Gasteiger partial charge in [0.15, 0.2) is 5.78 Å². The van der Waals surface area contributed by atoms with Crippen LogP contribution >= 0.6 is 15.9 Å². The third-order valence-corrected chi connectivity index (χ3v) is 6.22. The van der Waals surface area contributed by atoms with E-state index in [1.165, 1.54) is 12.8 Å². The predicted molar refractivity (Wildman–Crippen MR) is 119 cm³/mol. The number of carbonyl (C=O) groups excluding carboxylic acids is 1. The van der Waals surface area contributed by atoms with Gasteiger partial charge in [0.2, 0.25) is 0 Å². The number of hydrogen-bond donors (Lipinski definition) is 1. The Bertz CT molecular complexity index is 1060. The summed E-state index contributed by atoms with van der Waals surface area (Å²) in [5.74, 6) is 0.323. The summed E-state index contributed by atoms with van der Waals surface area (Å²) < 4.78 is 0.963. The Morgan fingerprint density at radius 3 is 2.66 bits per heavy atom. The first-order valence-corrected chi connectivity index (χ1v) is 11.0. The molecule has 29 heavy (non-hydrogen) atoms. The van der Waals surface area contributed by atoms with Crippen molar-refractivity contribution in [3.63, 3.8) is 0 Å². The van der Waals surface area contributed by atoms with Gasteiger partial charge in [0.25, 0.3) is 0 Å². The van der Waals surface area contributed by atoms with Gasteiger partial charge in [-0.25, -0.2) is 0 Å². The Morgan fingerprint density at radius 2 is 1.93 bits per heavy atom. The molecule has 5 nitrogen and oxygen atoms in total. The van der Waals surface area contributed by atoms with Gasteiger partial charge in [-0.05, 0) is 69.1 Å². The van der Waals surface area contributed by atoms with Gasteiger partial charge >= 0.3 is 0 Å². The van der Waals surface area contributed by atoms with Gasteiger partial charge in [-0.1, -0.05) is 15.9 Å². The summed E-state index contributed by atoms with van der Waals surface area (Å²) in [6.07, 6.45) is 8.09. The highest BCUT2D eigenvalue weighted by atomic mass is 79.9. The third-order valence-electron chi connectivity index (χ3n) is 5.72. The molecule has 2 fully saturated rings. The lowest BCUT2D eigenvalue weighted by Gasteiger charge is -2.16. The van der Waals surface area contributed by atoms with E-state index < -0.39 is 0 Å². The molecular weight excluding hydrogens is 428 g/mol. The van der Waals surface area contributed by atoms with Crippen molar-refractivity contribution in [2.45, 2.75) is 32.2 Å². The molecule has 1 aliphatic carbocycles. The SMILES string of the molecule is O=C(c1cnc2ccc(Br)cc2c1Nc1ccc(CN2CCCC2)nc1)C1CC1. The Labute approximate surface area is 178 Å². The number of hydrogen-bond acceptors (Lipinski definition) is 5. The summed E-state index contributed by atoms with van der Waals surface area (Å²) in [5, 5.41) is 4.41. The van der Waals surface area contributed by atoms with Crippen molar-refractivity contribution in [1.29, 1.82) is 0 Å². The number of nitrogens with zero attached hydrogens (tertiary/aromatic N) is 3. The molecule has 0 spiro atoms. The zero-order valence-corrected chi connectivity index (χ0v) is 17.8. The van der Waals surface area contributed by atoms with Gasteiger partial charge in [0.1, 0.15) is 0 Å². The molecule has 0 amide bonds. The molecule has 1 N–H and O–H groups in total. The van der Waals surface area contributed by atoms with Crippen LogP contribution in [-0.2, 0) is 6.54 Å². The minimum absolute atomic E-state index is 0.142. The summed E-state index contributed by atoms with van der Waals surface area (Å²) in [6, 6.07) is 10.1. The lowest BCUT2D eigenvalue weighted by atomic mass is 10.0. The molecule has 1 saturated heterocycles. The smallest absolute Gasteiger partial charge is 0.169 e. The molecule has 0 atom stereocenters. The zero-order chi connectivity index (χ0) is 19.8. The van der Waals surface area contributed by atoms with Gasteiger partial charge in [-0.2, -0.15) is 0 Å². The van der Waals surface area contributed by atoms with E-state index in [1.807, 2.05) is 30.5 Å². The molecule has 0 radical (unpaired) electrons. The number of fused-ring (bicyclic) bond motifs is 1. The molecule has 148 valence electrons. The zero-order valence-electron chi connectivity index (χ0n) is 16.2. The van der Waals surface area contributed by atoms with Gasteiger partial charge < -0.3 is 5.32 Å². The highest BCUT2D eigenvalue weighted by molar-refractivity contribution is 9.10. The normalized spacial score (nSPS) is 17.0. The van der Waals surface area contributed by atoms with Crippen LogP contribution in [0.1, 0.15) is 41.7 Å². The van der Waals surface area contributed by atoms with E-state index in [9.17, 15) is 4.79 Å². The second-order valence-electron chi connectivity index (χ2n) is 7.99. The van der Waals surface area contributed by atoms with Crippen LogP contribution in [0.25, 0.3) is 10.9 Å². The predicted octanol–water partition coefficient (Wildman–Crippen LogP) is 5.32. The lowest BCUT2D eigenvalue weighted by molar-refractivity contribution is 0.0968. The van der Waals surface area contributed by atoms with Crippen molar-refractivity contribution in [1.82, 2.24) is 14.9 Å². The first kappa shape index (κ1) is 18.7. The quantitative estimate of drug-likeness (QED) is 0.514. The third kappa shape index (κ3) is 4.05. The Hall–Kier alpha value is -2.31. The number of benzene rings is 1. The van der Waals surface area contributed by atoms with Crippen molar-refractivity contribution in [2.24, 2.45) is 5.92 Å². The summed E-state index contributed by atoms with van der Waals surface area (Å²) >= 11 is 3.55. The molecular formula is C23H23BrN4O. The number of ketones is 1. The highest BCUT2D eigenvalue weighted by Gasteiger charge is 2.32. The highest BCUT2D eigenvalue weighted by Crippen LogP contribution is 2.38. The average Bonchev–Trinajstić information content (AvgIpc) is 3.46. The lowest BCUT2D eigenvalue weighted by Crippen LogP contribution is -2.19. The van der Waals surface area contributed by atoms with E-state index in [1.54, 1.807) is 6.20 Å². The van der Waals surface area contributed by atoms with Crippen LogP contribution in [-0.4, -0.2) is 33.7 Å². The topological polar surface area (TPSA) is 58.1 Å². The molecule has 0 unspecified atom stereocenters. The molecule has 1 saturated carbocycles. The molecule has 1 aromatic carbocycles. The molecule has 0 bridgehead atoms. The van der Waals surface area contributed by atoms with Crippen LogP contribution in [0.4, 0.5) is 11.4 Å². The first-order valence-electron chi connectivity index (χ1n) is 10.2. The second kappa shape index (κ2) is 7.84. The maximum atomic E-state index is 12.9. The standard InChI is InChI=1S/C23H23BrN4O/c24-16-5-8-21-19(11-16)22(20(13-26-21)23(29)15-3-4-15)27-17-6-7-18(25-12-17)14-28-9-1-2-10-28/h5-8,11-13,15H,1-4,9-10,14H2,(H,26,27). The minimum Gasteiger partial charge on any atom is -0.353 e. The van der Waals surface area contributed by atoms with Gasteiger partial charge in [0, 0.05) is 28.5 Å². The van der Waals surface area contributed by atoms with Crippen molar-refractivity contribution in [2.75, 3.05) is 18.4 Å². The van der Waals surface area contributed by atoms with Crippen LogP contribution in [0.5, 0.6) is 0 Å². The molecule has 3 heterocycles. The first-order chi connectivity index (χ1) is 14.2. The minimum atomic E-state index is 0.142. The number of carbonyl (C=O) groups is 1. The van der Waals surface area contributed by atoms with E-state index in [-0.39, 0.29) is 11.7 Å². The summed E-state index contributed by atoms with van der Waals surface area (Å²) in [6.45, 7) is 3.22. The Balaban J connectivity index is 1.47. The Morgan fingerprint density at radius 1 is 1.10 bits per heavy atom. The molecule has 3 aromatic rings. The van der Waals surface area contributed by atoms with Crippen LogP contribution in [0.3, 0.4) is 0 Å². The van der Waals surface area contributed by atoms with E-state index in [4.69, 9.17) is 0 Å². The fourth-order valence-corrected chi connectivity index (χ4v) is 4.32. The van der Waals surface area contributed by atoms with Crippen molar-refractivity contribution in [3.05, 3.63) is 58.5 Å². The Kier molecular flexibility index (Phi) is 5.06. The average molecular weight is 451 g/mol. The summed E-state index contributed by atoms with van der Waals surface area (Å²) in [7, 11) is 0. The van der Waals surface area contributed by atoms with Gasteiger partial charge in [0.05, 0.1) is 34.3 Å². The number of rotatable bonds is 6. The monoisotopic (exact) mass is 450 g/mol. The van der Waals surface area contributed by atoms with Crippen molar-refractivity contribution < 1.29 is 4.79 Å². The van der Waals surface area contributed by atoms with Crippen LogP contribution in [0.2, 0.25) is 0 Å². The number of anilines is 2. The van der Waals surface area contributed by atoms with Crippen LogP contribution < -0.4 is 5.32 Å². The van der Waals surface area contributed by atoms with E-state index in [0.717, 1.165) is 64.9 Å².